The second kappa shape index (κ2) is 8.20. The summed E-state index contributed by atoms with van der Waals surface area (Å²) in [6.07, 6.45) is 7.63. The lowest BCUT2D eigenvalue weighted by atomic mass is 9.92. The Bertz CT molecular complexity index is 1850. The number of rotatable bonds is 2. The number of pyridine rings is 2. The molecule has 2 aliphatic heterocycles. The highest BCUT2D eigenvalue weighted by molar-refractivity contribution is 7.05. The Morgan fingerprint density at radius 1 is 0.450 bits per heavy atom. The Balaban J connectivity index is 1.35. The van der Waals surface area contributed by atoms with Crippen LogP contribution in [-0.4, -0.2) is 26.1 Å². The van der Waals surface area contributed by atoms with Gasteiger partial charge in [0.15, 0.2) is 0 Å². The summed E-state index contributed by atoms with van der Waals surface area (Å²) >= 11 is 0. The molecular weight excluding hydrogens is 517 g/mol. The van der Waals surface area contributed by atoms with Crippen LogP contribution in [0.4, 0.5) is 0 Å². The third-order valence-electron chi connectivity index (χ3n) is 9.46. The van der Waals surface area contributed by atoms with E-state index in [2.05, 4.69) is 109 Å². The van der Waals surface area contributed by atoms with Crippen molar-refractivity contribution in [2.45, 2.75) is 26.2 Å². The molecule has 2 aromatic heterocycles. The van der Waals surface area contributed by atoms with Gasteiger partial charge >= 0.3 is 0 Å². The Hall–Kier alpha value is -4.13. The highest BCUT2D eigenvalue weighted by Crippen LogP contribution is 2.41. The van der Waals surface area contributed by atoms with E-state index in [0.29, 0.717) is 0 Å². The van der Waals surface area contributed by atoms with Crippen molar-refractivity contribution in [2.75, 3.05) is 0 Å². The first kappa shape index (κ1) is 23.7. The van der Waals surface area contributed by atoms with Crippen molar-refractivity contribution >= 4 is 47.7 Å². The first-order chi connectivity index (χ1) is 19.4. The molecule has 0 saturated heterocycles. The van der Waals surface area contributed by atoms with E-state index in [9.17, 15) is 0 Å². The predicted molar refractivity (Wildman–Crippen MR) is 175 cm³/mol. The van der Waals surface area contributed by atoms with Gasteiger partial charge in [-0.1, -0.05) is 99.0 Å². The fourth-order valence-corrected chi connectivity index (χ4v) is 13.5. The van der Waals surface area contributed by atoms with Gasteiger partial charge in [-0.05, 0) is 88.2 Å². The van der Waals surface area contributed by atoms with Gasteiger partial charge in [0, 0.05) is 24.8 Å². The molecule has 0 bridgehead atoms. The number of aromatic nitrogens is 2. The monoisotopic (exact) mass is 546 g/mol. The van der Waals surface area contributed by atoms with Gasteiger partial charge in [-0.3, -0.25) is 9.97 Å². The van der Waals surface area contributed by atoms with E-state index in [1.807, 2.05) is 36.9 Å². The Morgan fingerprint density at radius 2 is 0.900 bits per heavy atom. The van der Waals surface area contributed by atoms with Gasteiger partial charge in [-0.15, -0.1) is 0 Å². The molecular formula is C36H30N2Si2. The standard InChI is InChI=1S/C36H30N2Si2/c1-39(2)31-15-13-28-27(35(31)29-11-9-23(19-33(29)39)25-7-5-17-37-21-25)14-16-32-36(28)30-12-10-24(20-34(30)40(32,3)4)26-8-6-18-38-22-26/h5-22H,1-4H3. The van der Waals surface area contributed by atoms with Crippen LogP contribution in [0.15, 0.2) is 110 Å². The lowest BCUT2D eigenvalue weighted by Gasteiger charge is -2.21. The number of fused-ring (bicyclic) bond motifs is 9. The SMILES string of the molecule is C[Si]1(C)c2cc(-c3cccnc3)ccc2-c2c1ccc1c3c(ccc21)[Si](C)(C)c1cc(-c2cccnc2)ccc1-3. The Morgan fingerprint density at radius 3 is 1.30 bits per heavy atom. The highest BCUT2D eigenvalue weighted by atomic mass is 28.3. The van der Waals surface area contributed by atoms with Gasteiger partial charge in [0.05, 0.1) is 0 Å². The molecule has 192 valence electrons. The van der Waals surface area contributed by atoms with Crippen LogP contribution in [0, 0.1) is 0 Å². The van der Waals surface area contributed by atoms with Crippen LogP contribution >= 0.6 is 0 Å². The molecule has 0 unspecified atom stereocenters. The topological polar surface area (TPSA) is 25.8 Å². The number of benzene rings is 4. The largest absolute Gasteiger partial charge is 0.264 e. The summed E-state index contributed by atoms with van der Waals surface area (Å²) in [4.78, 5) is 8.74. The van der Waals surface area contributed by atoms with E-state index in [1.54, 1.807) is 10.4 Å². The first-order valence-corrected chi connectivity index (χ1v) is 20.1. The molecule has 6 aromatic rings. The summed E-state index contributed by atoms with van der Waals surface area (Å²) in [5, 5.41) is 8.98. The minimum atomic E-state index is -1.85. The lowest BCUT2D eigenvalue weighted by Crippen LogP contribution is -2.49. The quantitative estimate of drug-likeness (QED) is 0.230. The number of hydrogen-bond acceptors (Lipinski definition) is 2. The average molecular weight is 547 g/mol. The fraction of sp³-hybridized carbons (Fsp3) is 0.111. The molecule has 2 nitrogen and oxygen atoms in total. The predicted octanol–water partition coefficient (Wildman–Crippen LogP) is 6.57. The second-order valence-electron chi connectivity index (χ2n) is 12.3. The zero-order valence-corrected chi connectivity index (χ0v) is 25.3. The molecule has 0 amide bonds. The molecule has 0 spiro atoms. The van der Waals surface area contributed by atoms with Crippen LogP contribution in [0.25, 0.3) is 55.3 Å². The Kier molecular flexibility index (Phi) is 4.86. The summed E-state index contributed by atoms with van der Waals surface area (Å²) in [6, 6.07) is 32.4. The molecule has 0 atom stereocenters. The van der Waals surface area contributed by atoms with Gasteiger partial charge < -0.3 is 0 Å². The summed E-state index contributed by atoms with van der Waals surface area (Å²) < 4.78 is 0. The molecule has 0 N–H and O–H groups in total. The molecule has 8 rings (SSSR count). The van der Waals surface area contributed by atoms with E-state index in [0.717, 1.165) is 0 Å². The Labute approximate surface area is 237 Å². The van der Waals surface area contributed by atoms with Crippen LogP contribution in [0.1, 0.15) is 0 Å². The molecule has 0 saturated carbocycles. The lowest BCUT2D eigenvalue weighted by molar-refractivity contribution is 1.33. The molecule has 4 heterocycles. The maximum atomic E-state index is 4.37. The van der Waals surface area contributed by atoms with Crippen molar-refractivity contribution in [1.82, 2.24) is 9.97 Å². The average Bonchev–Trinajstić information content (AvgIpc) is 3.37. The van der Waals surface area contributed by atoms with Crippen LogP contribution in [-0.2, 0) is 0 Å². The maximum Gasteiger partial charge on any atom is 0.113 e. The minimum absolute atomic E-state index is 1.18. The van der Waals surface area contributed by atoms with Crippen LogP contribution in [0.5, 0.6) is 0 Å². The normalized spacial score (nSPS) is 15.4. The smallest absolute Gasteiger partial charge is 0.113 e. The summed E-state index contributed by atoms with van der Waals surface area (Å²) in [6.45, 7) is 10.0. The van der Waals surface area contributed by atoms with Crippen LogP contribution in [0.2, 0.25) is 26.2 Å². The first-order valence-electron chi connectivity index (χ1n) is 14.1. The maximum absolute atomic E-state index is 4.37. The van der Waals surface area contributed by atoms with Crippen molar-refractivity contribution in [1.29, 1.82) is 0 Å². The second-order valence-corrected chi connectivity index (χ2v) is 21.0. The third-order valence-corrected chi connectivity index (χ3v) is 16.5. The molecule has 0 aliphatic carbocycles. The zero-order chi connectivity index (χ0) is 27.2. The van der Waals surface area contributed by atoms with E-state index in [4.69, 9.17) is 0 Å². The third kappa shape index (κ3) is 3.15. The van der Waals surface area contributed by atoms with Crippen molar-refractivity contribution in [3.05, 3.63) is 110 Å². The van der Waals surface area contributed by atoms with E-state index < -0.39 is 16.1 Å². The molecule has 4 aromatic carbocycles. The molecule has 0 radical (unpaired) electrons. The minimum Gasteiger partial charge on any atom is -0.264 e. The van der Waals surface area contributed by atoms with Crippen molar-refractivity contribution in [3.63, 3.8) is 0 Å². The van der Waals surface area contributed by atoms with E-state index >= 15 is 0 Å². The van der Waals surface area contributed by atoms with Gasteiger partial charge in [0.1, 0.15) is 16.1 Å². The molecule has 2 aliphatic rings. The van der Waals surface area contributed by atoms with E-state index in [1.165, 1.54) is 65.7 Å². The van der Waals surface area contributed by atoms with Gasteiger partial charge in [0.2, 0.25) is 0 Å². The highest BCUT2D eigenvalue weighted by Gasteiger charge is 2.41. The van der Waals surface area contributed by atoms with E-state index in [-0.39, 0.29) is 0 Å². The van der Waals surface area contributed by atoms with Gasteiger partial charge in [-0.25, -0.2) is 0 Å². The van der Waals surface area contributed by atoms with Gasteiger partial charge in [-0.2, -0.15) is 0 Å². The van der Waals surface area contributed by atoms with Gasteiger partial charge in [0.25, 0.3) is 0 Å². The summed E-state index contributed by atoms with van der Waals surface area (Å²) in [5.74, 6) is 0. The molecule has 0 fully saturated rings. The number of hydrogen-bond donors (Lipinski definition) is 0. The zero-order valence-electron chi connectivity index (χ0n) is 23.3. The summed E-state index contributed by atoms with van der Waals surface area (Å²) in [7, 11) is -3.70. The molecule has 4 heteroatoms. The fourth-order valence-electron chi connectivity index (χ4n) is 7.30. The molecule has 40 heavy (non-hydrogen) atoms. The van der Waals surface area contributed by atoms with Crippen molar-refractivity contribution < 1.29 is 0 Å². The van der Waals surface area contributed by atoms with Crippen molar-refractivity contribution in [2.24, 2.45) is 0 Å². The van der Waals surface area contributed by atoms with Crippen LogP contribution in [0.3, 0.4) is 0 Å². The van der Waals surface area contributed by atoms with Crippen molar-refractivity contribution in [3.8, 4) is 44.5 Å². The van der Waals surface area contributed by atoms with Crippen LogP contribution < -0.4 is 20.7 Å². The summed E-state index contributed by atoms with van der Waals surface area (Å²) in [5.41, 5.74) is 10.7. The number of nitrogens with zero attached hydrogens (tertiary/aromatic N) is 2.